The minimum atomic E-state index is 0.690. The van der Waals surface area contributed by atoms with Crippen molar-refractivity contribution in [2.75, 3.05) is 4.90 Å². The van der Waals surface area contributed by atoms with E-state index in [9.17, 15) is 0 Å². The molecule has 0 N–H and O–H groups in total. The van der Waals surface area contributed by atoms with Crippen LogP contribution in [0.1, 0.15) is 0 Å². The van der Waals surface area contributed by atoms with E-state index in [1.54, 1.807) is 0 Å². The lowest BCUT2D eigenvalue weighted by atomic mass is 10.0. The van der Waals surface area contributed by atoms with Gasteiger partial charge in [-0.25, -0.2) is 0 Å². The first-order valence-electron chi connectivity index (χ1n) is 13.0. The van der Waals surface area contributed by atoms with Gasteiger partial charge in [-0.15, -0.1) is 0 Å². The van der Waals surface area contributed by atoms with Gasteiger partial charge in [-0.2, -0.15) is 0 Å². The molecule has 3 nitrogen and oxygen atoms in total. The summed E-state index contributed by atoms with van der Waals surface area (Å²) >= 11 is 0. The van der Waals surface area contributed by atoms with Crippen LogP contribution in [0.25, 0.3) is 22.3 Å². The molecule has 0 saturated heterocycles. The zero-order valence-electron chi connectivity index (χ0n) is 21.2. The van der Waals surface area contributed by atoms with Crippen LogP contribution in [-0.4, -0.2) is 0 Å². The number of hydrogen-bond donors (Lipinski definition) is 0. The lowest BCUT2D eigenvalue weighted by Crippen LogP contribution is -2.12. The van der Waals surface area contributed by atoms with E-state index in [0.29, 0.717) is 23.0 Å². The van der Waals surface area contributed by atoms with Gasteiger partial charge in [-0.3, -0.25) is 0 Å². The molecule has 0 aliphatic carbocycles. The van der Waals surface area contributed by atoms with Crippen molar-refractivity contribution in [1.82, 2.24) is 0 Å². The molecule has 0 aromatic heterocycles. The average Bonchev–Trinajstić information content (AvgIpc) is 3.02. The number of para-hydroxylation sites is 3. The van der Waals surface area contributed by atoms with Crippen molar-refractivity contribution >= 4 is 17.1 Å². The molecular formula is C36H25NO2. The number of fused-ring (bicyclic) bond motifs is 2. The van der Waals surface area contributed by atoms with E-state index in [4.69, 9.17) is 9.47 Å². The number of anilines is 3. The van der Waals surface area contributed by atoms with Crippen molar-refractivity contribution in [3.63, 3.8) is 0 Å². The molecule has 0 atom stereocenters. The van der Waals surface area contributed by atoms with Crippen molar-refractivity contribution in [3.05, 3.63) is 152 Å². The number of rotatable bonds is 5. The summed E-state index contributed by atoms with van der Waals surface area (Å²) in [7, 11) is 0. The molecule has 6 aromatic carbocycles. The summed E-state index contributed by atoms with van der Waals surface area (Å²) in [5.41, 5.74) is 7.67. The molecule has 39 heavy (non-hydrogen) atoms. The Labute approximate surface area is 228 Å². The standard InChI is InChI=1S/C36H25NO2/c1-3-10-26(11-4-1)28-18-22-30(23-19-28)37(31-24-20-29(21-25-31)27-12-5-2-6-13-27)32-14-9-17-35-36(32)39-34-16-8-7-15-33(34)38-35/h1-25H. The zero-order valence-corrected chi connectivity index (χ0v) is 21.2. The predicted molar refractivity (Wildman–Crippen MR) is 159 cm³/mol. The molecule has 0 fully saturated rings. The van der Waals surface area contributed by atoms with E-state index in [1.165, 1.54) is 22.3 Å². The van der Waals surface area contributed by atoms with Gasteiger partial charge in [0.15, 0.2) is 23.0 Å². The van der Waals surface area contributed by atoms with E-state index in [-0.39, 0.29) is 0 Å². The molecular weight excluding hydrogens is 478 g/mol. The van der Waals surface area contributed by atoms with Gasteiger partial charge in [-0.1, -0.05) is 103 Å². The van der Waals surface area contributed by atoms with Crippen molar-refractivity contribution in [3.8, 4) is 45.3 Å². The normalized spacial score (nSPS) is 11.5. The maximum atomic E-state index is 6.45. The fourth-order valence-electron chi connectivity index (χ4n) is 5.00. The van der Waals surface area contributed by atoms with Gasteiger partial charge in [0.1, 0.15) is 0 Å². The number of hydrogen-bond acceptors (Lipinski definition) is 3. The SMILES string of the molecule is c1ccc(-c2ccc(N(c3ccc(-c4ccccc4)cc3)c3cccc4c3Oc3ccccc3O4)cc2)cc1. The Morgan fingerprint density at radius 1 is 0.333 bits per heavy atom. The Morgan fingerprint density at radius 2 is 0.769 bits per heavy atom. The van der Waals surface area contributed by atoms with Crippen LogP contribution in [0.15, 0.2) is 152 Å². The summed E-state index contributed by atoms with van der Waals surface area (Å²) in [5.74, 6) is 2.80. The number of benzene rings is 6. The van der Waals surface area contributed by atoms with Gasteiger partial charge < -0.3 is 14.4 Å². The van der Waals surface area contributed by atoms with Gasteiger partial charge in [0.2, 0.25) is 0 Å². The molecule has 1 aliphatic rings. The fraction of sp³-hybridized carbons (Fsp3) is 0. The molecule has 0 bridgehead atoms. The van der Waals surface area contributed by atoms with Gasteiger partial charge in [0.05, 0.1) is 5.69 Å². The summed E-state index contributed by atoms with van der Waals surface area (Å²) in [6.07, 6.45) is 0. The number of ether oxygens (including phenoxy) is 2. The summed E-state index contributed by atoms with van der Waals surface area (Å²) in [5, 5.41) is 0. The summed E-state index contributed by atoms with van der Waals surface area (Å²) in [4.78, 5) is 2.22. The Kier molecular flexibility index (Phi) is 5.80. The molecule has 7 rings (SSSR count). The van der Waals surface area contributed by atoms with Crippen molar-refractivity contribution in [1.29, 1.82) is 0 Å². The molecule has 0 unspecified atom stereocenters. The molecule has 1 heterocycles. The summed E-state index contributed by atoms with van der Waals surface area (Å²) in [6, 6.07) is 51.9. The van der Waals surface area contributed by atoms with Crippen LogP contribution in [0.3, 0.4) is 0 Å². The van der Waals surface area contributed by atoms with Crippen LogP contribution in [0.4, 0.5) is 17.1 Å². The maximum Gasteiger partial charge on any atom is 0.194 e. The van der Waals surface area contributed by atoms with Crippen molar-refractivity contribution in [2.24, 2.45) is 0 Å². The average molecular weight is 504 g/mol. The highest BCUT2D eigenvalue weighted by Crippen LogP contribution is 2.52. The molecule has 186 valence electrons. The minimum absolute atomic E-state index is 0.690. The molecule has 6 aromatic rings. The van der Waals surface area contributed by atoms with Gasteiger partial charge >= 0.3 is 0 Å². The van der Waals surface area contributed by atoms with Gasteiger partial charge in [-0.05, 0) is 70.8 Å². The molecule has 0 radical (unpaired) electrons. The molecule has 0 amide bonds. The first kappa shape index (κ1) is 22.9. The van der Waals surface area contributed by atoms with E-state index in [1.807, 2.05) is 48.5 Å². The molecule has 3 heteroatoms. The third-order valence-corrected chi connectivity index (χ3v) is 6.95. The van der Waals surface area contributed by atoms with E-state index in [2.05, 4.69) is 108 Å². The van der Waals surface area contributed by atoms with Crippen molar-refractivity contribution < 1.29 is 9.47 Å². The van der Waals surface area contributed by atoms with Crippen LogP contribution < -0.4 is 14.4 Å². The van der Waals surface area contributed by atoms with E-state index >= 15 is 0 Å². The largest absolute Gasteiger partial charge is 0.449 e. The lowest BCUT2D eigenvalue weighted by molar-refractivity contribution is 0.360. The third kappa shape index (κ3) is 4.41. The minimum Gasteiger partial charge on any atom is -0.449 e. The smallest absolute Gasteiger partial charge is 0.194 e. The monoisotopic (exact) mass is 503 g/mol. The third-order valence-electron chi connectivity index (χ3n) is 6.95. The van der Waals surface area contributed by atoms with Crippen LogP contribution in [-0.2, 0) is 0 Å². The van der Waals surface area contributed by atoms with Crippen LogP contribution >= 0.6 is 0 Å². The predicted octanol–water partition coefficient (Wildman–Crippen LogP) is 10.4. The Bertz CT molecular complexity index is 1650. The van der Waals surface area contributed by atoms with E-state index in [0.717, 1.165) is 17.1 Å². The Balaban J connectivity index is 1.34. The first-order valence-corrected chi connectivity index (χ1v) is 13.0. The van der Waals surface area contributed by atoms with Gasteiger partial charge in [0.25, 0.3) is 0 Å². The second-order valence-corrected chi connectivity index (χ2v) is 9.42. The topological polar surface area (TPSA) is 21.7 Å². The zero-order chi connectivity index (χ0) is 26.0. The Hall–Kier alpha value is -5.28. The van der Waals surface area contributed by atoms with Gasteiger partial charge in [0, 0.05) is 11.4 Å². The molecule has 0 saturated carbocycles. The quantitative estimate of drug-likeness (QED) is 0.233. The summed E-state index contributed by atoms with van der Waals surface area (Å²) < 4.78 is 12.7. The van der Waals surface area contributed by atoms with Crippen LogP contribution in [0.2, 0.25) is 0 Å². The lowest BCUT2D eigenvalue weighted by Gasteiger charge is -2.30. The fourth-order valence-corrected chi connectivity index (χ4v) is 5.00. The molecule has 0 spiro atoms. The van der Waals surface area contributed by atoms with Crippen LogP contribution in [0.5, 0.6) is 23.0 Å². The number of nitrogens with zero attached hydrogens (tertiary/aromatic N) is 1. The molecule has 1 aliphatic heterocycles. The highest BCUT2D eigenvalue weighted by molar-refractivity contribution is 5.84. The maximum absolute atomic E-state index is 6.45. The second-order valence-electron chi connectivity index (χ2n) is 9.42. The highest BCUT2D eigenvalue weighted by atomic mass is 16.6. The van der Waals surface area contributed by atoms with E-state index < -0.39 is 0 Å². The Morgan fingerprint density at radius 3 is 1.31 bits per heavy atom. The second kappa shape index (κ2) is 9.88. The summed E-state index contributed by atoms with van der Waals surface area (Å²) in [6.45, 7) is 0. The van der Waals surface area contributed by atoms with Crippen molar-refractivity contribution in [2.45, 2.75) is 0 Å². The first-order chi connectivity index (χ1) is 19.3. The highest BCUT2D eigenvalue weighted by Gasteiger charge is 2.25. The van der Waals surface area contributed by atoms with Crippen LogP contribution in [0, 0.1) is 0 Å².